The molecule has 4 aromatic rings. The van der Waals surface area contributed by atoms with Gasteiger partial charge in [0.15, 0.2) is 0 Å². The lowest BCUT2D eigenvalue weighted by Gasteiger charge is -2.42. The van der Waals surface area contributed by atoms with E-state index >= 15 is 0 Å². The zero-order chi connectivity index (χ0) is 25.2. The van der Waals surface area contributed by atoms with Gasteiger partial charge in [0.25, 0.3) is 11.5 Å². The molecule has 3 aromatic heterocycles. The summed E-state index contributed by atoms with van der Waals surface area (Å²) in [6.07, 6.45) is 3.79. The molecule has 0 saturated carbocycles. The molecule has 1 unspecified atom stereocenters. The van der Waals surface area contributed by atoms with E-state index in [4.69, 9.17) is 0 Å². The minimum Gasteiger partial charge on any atom is -0.364 e. The molecule has 1 aliphatic heterocycles. The number of benzene rings is 1. The van der Waals surface area contributed by atoms with E-state index in [9.17, 15) is 19.2 Å². The largest absolute Gasteiger partial charge is 0.364 e. The number of aromatic amines is 1. The lowest BCUT2D eigenvalue weighted by Crippen LogP contribution is -2.52. The smallest absolute Gasteiger partial charge is 0.269 e. The molecule has 1 aliphatic rings. The number of amides is 1. The van der Waals surface area contributed by atoms with Crippen LogP contribution in [0.4, 0.5) is 10.1 Å². The lowest BCUT2D eigenvalue weighted by atomic mass is 10.1. The number of carbonyl (C=O) groups excluding carboxylic acids is 1. The van der Waals surface area contributed by atoms with E-state index in [2.05, 4.69) is 36.1 Å². The van der Waals surface area contributed by atoms with Crippen molar-refractivity contribution >= 4 is 33.4 Å². The number of hydrogen-bond donors (Lipinski definition) is 2. The van der Waals surface area contributed by atoms with Crippen molar-refractivity contribution in [3.8, 4) is 6.07 Å². The van der Waals surface area contributed by atoms with Crippen LogP contribution < -0.4 is 15.8 Å². The predicted octanol–water partition coefficient (Wildman–Crippen LogP) is 2.57. The Morgan fingerprint density at radius 2 is 2.06 bits per heavy atom. The van der Waals surface area contributed by atoms with Crippen LogP contribution in [-0.2, 0) is 6.54 Å². The monoisotopic (exact) mass is 485 g/mol. The van der Waals surface area contributed by atoms with Crippen LogP contribution in [0.15, 0.2) is 53.6 Å². The number of nitrogens with one attached hydrogen (secondary N) is 2. The summed E-state index contributed by atoms with van der Waals surface area (Å²) in [5.41, 5.74) is 3.02. The van der Waals surface area contributed by atoms with Crippen molar-refractivity contribution in [1.82, 2.24) is 25.2 Å². The molecular formula is C26H24FN7O2. The Bertz CT molecular complexity index is 1540. The molecule has 1 aromatic carbocycles. The predicted molar refractivity (Wildman–Crippen MR) is 134 cm³/mol. The number of carbonyl (C=O) groups is 1. The summed E-state index contributed by atoms with van der Waals surface area (Å²) in [5.74, 6) is -0.710. The van der Waals surface area contributed by atoms with Crippen molar-refractivity contribution in [3.05, 3.63) is 76.2 Å². The average Bonchev–Trinajstić information content (AvgIpc) is 2.89. The molecule has 36 heavy (non-hydrogen) atoms. The Hall–Kier alpha value is -4.36. The van der Waals surface area contributed by atoms with Crippen molar-refractivity contribution in [3.63, 3.8) is 0 Å². The van der Waals surface area contributed by atoms with Crippen LogP contribution in [0.25, 0.3) is 21.8 Å². The fourth-order valence-electron chi connectivity index (χ4n) is 4.76. The first-order valence-electron chi connectivity index (χ1n) is 11.6. The fourth-order valence-corrected chi connectivity index (χ4v) is 4.76. The van der Waals surface area contributed by atoms with Crippen LogP contribution >= 0.6 is 0 Å². The molecule has 0 radical (unpaired) electrons. The van der Waals surface area contributed by atoms with Gasteiger partial charge in [-0.25, -0.2) is 9.37 Å². The highest BCUT2D eigenvalue weighted by Gasteiger charge is 2.27. The summed E-state index contributed by atoms with van der Waals surface area (Å²) in [6.45, 7) is 2.72. The lowest BCUT2D eigenvalue weighted by molar-refractivity contribution is 0.0958. The van der Waals surface area contributed by atoms with Gasteiger partial charge in [0.05, 0.1) is 46.8 Å². The van der Waals surface area contributed by atoms with E-state index in [0.717, 1.165) is 17.8 Å². The number of anilines is 1. The maximum Gasteiger partial charge on any atom is 0.269 e. The van der Waals surface area contributed by atoms with Gasteiger partial charge in [0, 0.05) is 44.8 Å². The topological polar surface area (TPSA) is 118 Å². The maximum absolute atomic E-state index is 13.6. The molecule has 1 amide bonds. The quantitative estimate of drug-likeness (QED) is 0.417. The van der Waals surface area contributed by atoms with Crippen molar-refractivity contribution in [2.45, 2.75) is 19.0 Å². The summed E-state index contributed by atoms with van der Waals surface area (Å²) in [6, 6.07) is 11.8. The van der Waals surface area contributed by atoms with Gasteiger partial charge in [-0.1, -0.05) is 0 Å². The standard InChI is InChI=1S/C26H24FN7O2/c1-29-26(36)22-5-3-18(13-30-22)34-9-8-33(15-19(34)6-7-28)14-16-10-23-24(31-12-16)20-4-2-17(27)11-21(20)25(35)32-23/h2-5,10-13,19H,6,8-9,14-15H2,1H3,(H,29,36)(H,32,35). The Labute approximate surface area is 206 Å². The highest BCUT2D eigenvalue weighted by molar-refractivity contribution is 6.02. The van der Waals surface area contributed by atoms with E-state index < -0.39 is 5.82 Å². The molecule has 9 nitrogen and oxygen atoms in total. The summed E-state index contributed by atoms with van der Waals surface area (Å²) in [4.78, 5) is 40.3. The molecule has 5 rings (SSSR count). The third-order valence-electron chi connectivity index (χ3n) is 6.51. The first kappa shape index (κ1) is 23.4. The summed E-state index contributed by atoms with van der Waals surface area (Å²) in [5, 5.41) is 12.9. The molecule has 1 atom stereocenters. The summed E-state index contributed by atoms with van der Waals surface area (Å²) >= 11 is 0. The molecule has 1 fully saturated rings. The van der Waals surface area contributed by atoms with Crippen LogP contribution in [0.2, 0.25) is 0 Å². The molecule has 182 valence electrons. The SMILES string of the molecule is CNC(=O)c1ccc(N2CCN(Cc3cnc4c(c3)[nH]c(=O)c3cc(F)ccc34)CC2CC#N)cn1. The van der Waals surface area contributed by atoms with Crippen molar-refractivity contribution < 1.29 is 9.18 Å². The highest BCUT2D eigenvalue weighted by Crippen LogP contribution is 2.25. The van der Waals surface area contributed by atoms with Gasteiger partial charge >= 0.3 is 0 Å². The minimum absolute atomic E-state index is 0.0385. The molecule has 10 heteroatoms. The maximum atomic E-state index is 13.6. The van der Waals surface area contributed by atoms with Crippen LogP contribution in [0, 0.1) is 17.1 Å². The van der Waals surface area contributed by atoms with Crippen LogP contribution in [0.1, 0.15) is 22.5 Å². The van der Waals surface area contributed by atoms with Gasteiger partial charge in [0.2, 0.25) is 0 Å². The number of rotatable bonds is 5. The number of halogens is 1. The van der Waals surface area contributed by atoms with Gasteiger partial charge in [-0.3, -0.25) is 19.5 Å². The van der Waals surface area contributed by atoms with E-state index in [0.29, 0.717) is 48.2 Å². The highest BCUT2D eigenvalue weighted by atomic mass is 19.1. The fraction of sp³-hybridized carbons (Fsp3) is 0.269. The van der Waals surface area contributed by atoms with Gasteiger partial charge in [-0.2, -0.15) is 5.26 Å². The second-order valence-corrected chi connectivity index (χ2v) is 8.81. The van der Waals surface area contributed by atoms with Gasteiger partial charge in [0.1, 0.15) is 11.5 Å². The Morgan fingerprint density at radius 1 is 1.19 bits per heavy atom. The van der Waals surface area contributed by atoms with Gasteiger partial charge < -0.3 is 15.2 Å². The minimum atomic E-state index is -0.465. The molecule has 2 N–H and O–H groups in total. The zero-order valence-electron chi connectivity index (χ0n) is 19.7. The molecule has 0 bridgehead atoms. The normalized spacial score (nSPS) is 16.2. The van der Waals surface area contributed by atoms with E-state index in [1.54, 1.807) is 31.6 Å². The van der Waals surface area contributed by atoms with E-state index in [-0.39, 0.29) is 22.9 Å². The van der Waals surface area contributed by atoms with E-state index in [1.165, 1.54) is 12.1 Å². The number of nitrogens with zero attached hydrogens (tertiary/aromatic N) is 5. The van der Waals surface area contributed by atoms with Crippen molar-refractivity contribution in [1.29, 1.82) is 5.26 Å². The van der Waals surface area contributed by atoms with Gasteiger partial charge in [-0.05, 0) is 42.0 Å². The zero-order valence-corrected chi connectivity index (χ0v) is 19.7. The van der Waals surface area contributed by atoms with Gasteiger partial charge in [-0.15, -0.1) is 0 Å². The number of piperazine rings is 1. The molecule has 1 saturated heterocycles. The van der Waals surface area contributed by atoms with Crippen LogP contribution in [0.3, 0.4) is 0 Å². The third-order valence-corrected chi connectivity index (χ3v) is 6.51. The van der Waals surface area contributed by atoms with Crippen LogP contribution in [-0.4, -0.2) is 58.5 Å². The molecule has 0 aliphatic carbocycles. The first-order chi connectivity index (χ1) is 17.5. The molecular weight excluding hydrogens is 461 g/mol. The molecule has 0 spiro atoms. The third kappa shape index (κ3) is 4.48. The second-order valence-electron chi connectivity index (χ2n) is 8.81. The number of fused-ring (bicyclic) bond motifs is 3. The Kier molecular flexibility index (Phi) is 6.31. The second kappa shape index (κ2) is 9.71. The summed E-state index contributed by atoms with van der Waals surface area (Å²) in [7, 11) is 1.56. The Morgan fingerprint density at radius 3 is 2.81 bits per heavy atom. The summed E-state index contributed by atoms with van der Waals surface area (Å²) < 4.78 is 13.6. The van der Waals surface area contributed by atoms with Crippen LogP contribution in [0.5, 0.6) is 0 Å². The number of H-pyrrole nitrogens is 1. The van der Waals surface area contributed by atoms with E-state index in [1.807, 2.05) is 12.1 Å². The Balaban J connectivity index is 1.35. The number of pyridine rings is 3. The number of nitriles is 1. The number of hydrogen-bond acceptors (Lipinski definition) is 7. The average molecular weight is 486 g/mol. The van der Waals surface area contributed by atoms with Crippen molar-refractivity contribution in [2.24, 2.45) is 0 Å². The van der Waals surface area contributed by atoms with Crippen molar-refractivity contribution in [2.75, 3.05) is 31.6 Å². The number of aromatic nitrogens is 3. The first-order valence-corrected chi connectivity index (χ1v) is 11.6. The molecule has 4 heterocycles.